The molecule has 1 unspecified atom stereocenters. The zero-order chi connectivity index (χ0) is 11.0. The number of hydrogen-bond acceptors (Lipinski definition) is 3. The molecule has 0 N–H and O–H groups in total. The van der Waals surface area contributed by atoms with Gasteiger partial charge in [-0.2, -0.15) is 0 Å². The first-order valence-electron chi connectivity index (χ1n) is 4.97. The lowest BCUT2D eigenvalue weighted by Crippen LogP contribution is -2.22. The number of carbonyl (C=O) groups is 1. The minimum absolute atomic E-state index is 0.0725. The standard InChI is InChI=1S/C12H14O2S/c1-7-4-5-10(14-3)9-6-15-8(2)12(13)11(7)9/h4-5,8H,6H2,1-3H3. The van der Waals surface area contributed by atoms with Crippen LogP contribution in [0.1, 0.15) is 28.4 Å². The van der Waals surface area contributed by atoms with Crippen molar-refractivity contribution in [1.29, 1.82) is 0 Å². The van der Waals surface area contributed by atoms with Crippen molar-refractivity contribution < 1.29 is 9.53 Å². The van der Waals surface area contributed by atoms with Crippen molar-refractivity contribution in [3.63, 3.8) is 0 Å². The second kappa shape index (κ2) is 3.89. The Morgan fingerprint density at radius 1 is 1.47 bits per heavy atom. The molecule has 0 saturated carbocycles. The summed E-state index contributed by atoms with van der Waals surface area (Å²) in [6.45, 7) is 3.95. The van der Waals surface area contributed by atoms with Crippen LogP contribution in [0, 0.1) is 6.92 Å². The van der Waals surface area contributed by atoms with Crippen molar-refractivity contribution in [2.24, 2.45) is 0 Å². The van der Waals surface area contributed by atoms with Crippen molar-refractivity contribution in [2.75, 3.05) is 7.11 Å². The van der Waals surface area contributed by atoms with Gasteiger partial charge in [0.25, 0.3) is 0 Å². The van der Waals surface area contributed by atoms with E-state index in [1.165, 1.54) is 0 Å². The topological polar surface area (TPSA) is 26.3 Å². The van der Waals surface area contributed by atoms with Crippen molar-refractivity contribution in [2.45, 2.75) is 24.9 Å². The Bertz CT molecular complexity index is 412. The molecule has 0 amide bonds. The minimum atomic E-state index is 0.0725. The Kier molecular flexibility index (Phi) is 2.74. The van der Waals surface area contributed by atoms with Crippen molar-refractivity contribution in [3.8, 4) is 5.75 Å². The van der Waals surface area contributed by atoms with Crippen molar-refractivity contribution >= 4 is 17.5 Å². The number of aryl methyl sites for hydroxylation is 1. The smallest absolute Gasteiger partial charge is 0.176 e. The molecule has 3 heteroatoms. The number of fused-ring (bicyclic) bond motifs is 1. The van der Waals surface area contributed by atoms with Crippen LogP contribution in [0.2, 0.25) is 0 Å². The lowest BCUT2D eigenvalue weighted by Gasteiger charge is -2.23. The quantitative estimate of drug-likeness (QED) is 0.731. The maximum atomic E-state index is 12.0. The van der Waals surface area contributed by atoms with Crippen LogP contribution in [-0.4, -0.2) is 18.1 Å². The van der Waals surface area contributed by atoms with Crippen LogP contribution in [0.4, 0.5) is 0 Å². The van der Waals surface area contributed by atoms with Gasteiger partial charge in [0.05, 0.1) is 12.4 Å². The van der Waals surface area contributed by atoms with Gasteiger partial charge in [-0.3, -0.25) is 4.79 Å². The highest BCUT2D eigenvalue weighted by Crippen LogP contribution is 2.36. The number of rotatable bonds is 1. The normalized spacial score (nSPS) is 19.9. The number of benzene rings is 1. The maximum absolute atomic E-state index is 12.0. The fraction of sp³-hybridized carbons (Fsp3) is 0.417. The maximum Gasteiger partial charge on any atom is 0.176 e. The first kappa shape index (κ1) is 10.6. The molecule has 0 bridgehead atoms. The Hall–Kier alpha value is -0.960. The molecule has 2 rings (SSSR count). The average Bonchev–Trinajstić information content (AvgIpc) is 2.24. The fourth-order valence-electron chi connectivity index (χ4n) is 1.91. The first-order chi connectivity index (χ1) is 7.15. The Morgan fingerprint density at radius 2 is 2.20 bits per heavy atom. The van der Waals surface area contributed by atoms with Crippen molar-refractivity contribution in [1.82, 2.24) is 0 Å². The van der Waals surface area contributed by atoms with Crippen LogP contribution >= 0.6 is 11.8 Å². The largest absolute Gasteiger partial charge is 0.496 e. The van der Waals surface area contributed by atoms with Gasteiger partial charge in [0, 0.05) is 16.9 Å². The molecule has 1 aromatic rings. The van der Waals surface area contributed by atoms with Gasteiger partial charge >= 0.3 is 0 Å². The van der Waals surface area contributed by atoms with E-state index in [1.807, 2.05) is 26.0 Å². The van der Waals surface area contributed by atoms with Crippen LogP contribution in [0.25, 0.3) is 0 Å². The van der Waals surface area contributed by atoms with Gasteiger partial charge < -0.3 is 4.74 Å². The molecule has 0 aromatic heterocycles. The molecule has 2 nitrogen and oxygen atoms in total. The summed E-state index contributed by atoms with van der Waals surface area (Å²) in [6, 6.07) is 3.90. The molecule has 1 aliphatic heterocycles. The van der Waals surface area contributed by atoms with Gasteiger partial charge in [0.15, 0.2) is 5.78 Å². The summed E-state index contributed by atoms with van der Waals surface area (Å²) >= 11 is 1.68. The van der Waals surface area contributed by atoms with Crippen LogP contribution in [0.5, 0.6) is 5.75 Å². The molecule has 0 fully saturated rings. The molecular weight excluding hydrogens is 208 g/mol. The molecule has 1 heterocycles. The molecule has 0 spiro atoms. The third-order valence-corrected chi connectivity index (χ3v) is 3.96. The predicted octanol–water partition coefficient (Wildman–Crippen LogP) is 2.82. The van der Waals surface area contributed by atoms with Crippen LogP contribution < -0.4 is 4.74 Å². The number of thioether (sulfide) groups is 1. The van der Waals surface area contributed by atoms with E-state index in [9.17, 15) is 4.79 Å². The summed E-state index contributed by atoms with van der Waals surface area (Å²) in [5, 5.41) is 0.0725. The fourth-order valence-corrected chi connectivity index (χ4v) is 2.88. The second-order valence-electron chi connectivity index (χ2n) is 3.76. The number of carbonyl (C=O) groups excluding carboxylic acids is 1. The van der Waals surface area contributed by atoms with E-state index < -0.39 is 0 Å². The summed E-state index contributed by atoms with van der Waals surface area (Å²) in [5.74, 6) is 1.94. The third-order valence-electron chi connectivity index (χ3n) is 2.79. The molecular formula is C12H14O2S. The summed E-state index contributed by atoms with van der Waals surface area (Å²) in [7, 11) is 1.65. The molecule has 15 heavy (non-hydrogen) atoms. The summed E-state index contributed by atoms with van der Waals surface area (Å²) in [6.07, 6.45) is 0. The van der Waals surface area contributed by atoms with Gasteiger partial charge in [-0.15, -0.1) is 11.8 Å². The lowest BCUT2D eigenvalue weighted by atomic mass is 9.96. The molecule has 1 atom stereocenters. The zero-order valence-corrected chi connectivity index (χ0v) is 9.98. The van der Waals surface area contributed by atoms with Gasteiger partial charge in [0.2, 0.25) is 0 Å². The van der Waals surface area contributed by atoms with Gasteiger partial charge in [0.1, 0.15) is 5.75 Å². The average molecular weight is 222 g/mol. The van der Waals surface area contributed by atoms with E-state index in [-0.39, 0.29) is 11.0 Å². The van der Waals surface area contributed by atoms with Gasteiger partial charge in [-0.25, -0.2) is 0 Å². The Balaban J connectivity index is 2.61. The minimum Gasteiger partial charge on any atom is -0.496 e. The monoisotopic (exact) mass is 222 g/mol. The molecule has 1 aliphatic rings. The van der Waals surface area contributed by atoms with E-state index in [2.05, 4.69) is 0 Å². The number of hydrogen-bond donors (Lipinski definition) is 0. The van der Waals surface area contributed by atoms with Crippen molar-refractivity contribution in [3.05, 3.63) is 28.8 Å². The van der Waals surface area contributed by atoms with Crippen LogP contribution in [0.15, 0.2) is 12.1 Å². The number of methoxy groups -OCH3 is 1. The highest BCUT2D eigenvalue weighted by atomic mass is 32.2. The van der Waals surface area contributed by atoms with Crippen LogP contribution in [-0.2, 0) is 5.75 Å². The van der Waals surface area contributed by atoms with Gasteiger partial charge in [-0.05, 0) is 25.5 Å². The number of Topliss-reactive ketones (excluding diaryl/α,β-unsaturated/α-hetero) is 1. The van der Waals surface area contributed by atoms with E-state index >= 15 is 0 Å². The molecule has 1 aromatic carbocycles. The summed E-state index contributed by atoms with van der Waals surface area (Å²) < 4.78 is 5.29. The van der Waals surface area contributed by atoms with E-state index in [0.717, 1.165) is 28.2 Å². The zero-order valence-electron chi connectivity index (χ0n) is 9.16. The van der Waals surface area contributed by atoms with Crippen LogP contribution in [0.3, 0.4) is 0 Å². The van der Waals surface area contributed by atoms with E-state index in [4.69, 9.17) is 4.74 Å². The summed E-state index contributed by atoms with van der Waals surface area (Å²) in [4.78, 5) is 12.0. The molecule has 80 valence electrons. The first-order valence-corrected chi connectivity index (χ1v) is 6.02. The van der Waals surface area contributed by atoms with E-state index in [1.54, 1.807) is 18.9 Å². The molecule has 0 saturated heterocycles. The Morgan fingerprint density at radius 3 is 2.87 bits per heavy atom. The van der Waals surface area contributed by atoms with E-state index in [0.29, 0.717) is 0 Å². The highest BCUT2D eigenvalue weighted by Gasteiger charge is 2.28. The molecule has 0 aliphatic carbocycles. The number of ether oxygens (including phenoxy) is 1. The predicted molar refractivity (Wildman–Crippen MR) is 62.8 cm³/mol. The second-order valence-corrected chi connectivity index (χ2v) is 5.08. The Labute approximate surface area is 94.0 Å². The highest BCUT2D eigenvalue weighted by molar-refractivity contribution is 8.00. The lowest BCUT2D eigenvalue weighted by molar-refractivity contribution is 0.0990. The number of ketones is 1. The third kappa shape index (κ3) is 1.65. The summed E-state index contributed by atoms with van der Waals surface area (Å²) in [5.41, 5.74) is 2.99. The van der Waals surface area contributed by atoms with Gasteiger partial charge in [-0.1, -0.05) is 6.07 Å². The SMILES string of the molecule is COc1ccc(C)c2c1CSC(C)C2=O. The molecule has 0 radical (unpaired) electrons.